The number of H-pyrrole nitrogens is 1. The first-order valence-corrected chi connectivity index (χ1v) is 18.8. The maximum absolute atomic E-state index is 4.58. The van der Waals surface area contributed by atoms with Gasteiger partial charge < -0.3 is 18.3 Å². The molecule has 11 aromatic rings. The summed E-state index contributed by atoms with van der Waals surface area (Å²) in [6.07, 6.45) is 38.9. The van der Waals surface area contributed by atoms with Gasteiger partial charge in [0, 0.05) is 85.9 Å². The van der Waals surface area contributed by atoms with Crippen molar-refractivity contribution in [2.75, 3.05) is 0 Å². The minimum absolute atomic E-state index is 1.38. The number of nitrogens with zero attached hydrogens (tertiary/aromatic N) is 13. The molecule has 19 heteroatoms. The van der Waals surface area contributed by atoms with E-state index < -0.39 is 0 Å². The maximum Gasteiger partial charge on any atom is 0.180 e. The molecule has 0 saturated heterocycles. The Kier molecular flexibility index (Phi) is 38.8. The first-order chi connectivity index (χ1) is 30.0. The molecule has 0 aliphatic heterocycles. The van der Waals surface area contributed by atoms with Gasteiger partial charge in [-0.1, -0.05) is 23.4 Å². The van der Waals surface area contributed by atoms with E-state index in [4.69, 9.17) is 0 Å². The van der Waals surface area contributed by atoms with E-state index >= 15 is 0 Å². The van der Waals surface area contributed by atoms with Crippen molar-refractivity contribution in [3.8, 4) is 0 Å². The van der Waals surface area contributed by atoms with Crippen LogP contribution in [0.1, 0.15) is 0 Å². The van der Waals surface area contributed by atoms with Gasteiger partial charge in [-0.05, 0) is 89.0 Å². The third-order valence-corrected chi connectivity index (χ3v) is 5.94. The molecule has 0 amide bonds. The fraction of sp³-hybridized carbons (Fsp3) is 0. The molecular weight excluding hydrogens is 801 g/mol. The zero-order chi connectivity index (χ0) is 42.4. The molecule has 60 heavy (non-hydrogen) atoms. The van der Waals surface area contributed by atoms with Gasteiger partial charge in [0.1, 0.15) is 37.8 Å². The summed E-state index contributed by atoms with van der Waals surface area (Å²) >= 11 is 3.18. The summed E-state index contributed by atoms with van der Waals surface area (Å²) in [5.74, 6) is 0. The van der Waals surface area contributed by atoms with Crippen LogP contribution in [0.2, 0.25) is 0 Å². The number of oxazole rings is 1. The Labute approximate surface area is 355 Å². The van der Waals surface area contributed by atoms with E-state index in [-0.39, 0.29) is 0 Å². The van der Waals surface area contributed by atoms with Crippen molar-refractivity contribution in [3.05, 3.63) is 251 Å². The highest BCUT2D eigenvalue weighted by atomic mass is 32.1. The molecule has 306 valence electrons. The summed E-state index contributed by atoms with van der Waals surface area (Å²) in [5.41, 5.74) is 0. The Hall–Kier alpha value is -8.29. The molecule has 0 saturated carbocycles. The minimum Gasteiger partial charge on any atom is -0.473 e. The number of rotatable bonds is 0. The average Bonchev–Trinajstić information content (AvgIpc) is 4.21. The second-order valence-electron chi connectivity index (χ2n) is 9.05. The van der Waals surface area contributed by atoms with E-state index in [2.05, 4.69) is 82.9 Å². The highest BCUT2D eigenvalue weighted by molar-refractivity contribution is 7.07. The van der Waals surface area contributed by atoms with Crippen LogP contribution in [0.5, 0.6) is 0 Å². The zero-order valence-corrected chi connectivity index (χ0v) is 33.7. The first kappa shape index (κ1) is 49.7. The molecule has 0 fully saturated rings. The van der Waals surface area contributed by atoms with Crippen LogP contribution in [0.3, 0.4) is 0 Å². The summed E-state index contributed by atoms with van der Waals surface area (Å²) in [4.78, 5) is 35.7. The molecule has 0 spiro atoms. The van der Waals surface area contributed by atoms with Crippen LogP contribution < -0.4 is 0 Å². The largest absolute Gasteiger partial charge is 0.473 e. The summed E-state index contributed by atoms with van der Waals surface area (Å²) in [5, 5.41) is 16.4. The Morgan fingerprint density at radius 3 is 1.12 bits per heavy atom. The highest BCUT2D eigenvalue weighted by Gasteiger charge is 1.64. The molecule has 17 nitrogen and oxygen atoms in total. The minimum atomic E-state index is 1.38. The van der Waals surface area contributed by atoms with Gasteiger partial charge in [0.2, 0.25) is 0 Å². The lowest BCUT2D eigenvalue weighted by Gasteiger charge is -1.70. The monoisotopic (exact) mass is 842 g/mol. The molecule has 0 aliphatic rings. The molecule has 0 aromatic carbocycles. The van der Waals surface area contributed by atoms with Gasteiger partial charge in [-0.15, -0.1) is 0 Å². The molecule has 0 unspecified atom stereocenters. The van der Waals surface area contributed by atoms with Crippen LogP contribution >= 0.6 is 22.9 Å². The normalized spacial score (nSPS) is 8.00. The lowest BCUT2D eigenvalue weighted by atomic mass is 10.5. The molecule has 11 aromatic heterocycles. The van der Waals surface area contributed by atoms with Crippen molar-refractivity contribution in [3.63, 3.8) is 0 Å². The fourth-order valence-corrected chi connectivity index (χ4v) is 3.34. The quantitative estimate of drug-likeness (QED) is 0.150. The number of hydrogen-bond donors (Lipinski definition) is 1. The van der Waals surface area contributed by atoms with E-state index in [1.807, 2.05) is 101 Å². The third-order valence-electron chi connectivity index (χ3n) is 4.79. The smallest absolute Gasteiger partial charge is 0.180 e. The van der Waals surface area contributed by atoms with Gasteiger partial charge in [0.25, 0.3) is 0 Å². The predicted molar refractivity (Wildman–Crippen MR) is 229 cm³/mol. The van der Waals surface area contributed by atoms with Crippen molar-refractivity contribution in [2.45, 2.75) is 0 Å². The van der Waals surface area contributed by atoms with E-state index in [9.17, 15) is 0 Å². The van der Waals surface area contributed by atoms with Crippen molar-refractivity contribution in [2.24, 2.45) is 0 Å². The number of hydrogen-bond acceptors (Lipinski definition) is 18. The summed E-state index contributed by atoms with van der Waals surface area (Å²) in [7, 11) is 0. The lowest BCUT2D eigenvalue weighted by molar-refractivity contribution is 0.420. The zero-order valence-electron chi connectivity index (χ0n) is 32.0. The van der Waals surface area contributed by atoms with Crippen molar-refractivity contribution >= 4 is 22.9 Å². The molecule has 0 bridgehead atoms. The van der Waals surface area contributed by atoms with E-state index in [0.29, 0.717) is 0 Å². The van der Waals surface area contributed by atoms with Gasteiger partial charge in [0.15, 0.2) is 6.39 Å². The molecule has 0 aliphatic carbocycles. The fourth-order valence-electron chi connectivity index (χ4n) is 2.54. The van der Waals surface area contributed by atoms with Gasteiger partial charge in [-0.2, -0.15) is 21.5 Å². The molecular formula is C41H42N14O3S2. The Morgan fingerprint density at radius 1 is 0.350 bits per heavy atom. The number of thiophene rings is 1. The van der Waals surface area contributed by atoms with Gasteiger partial charge >= 0.3 is 0 Å². The van der Waals surface area contributed by atoms with Crippen molar-refractivity contribution in [1.82, 2.24) is 69.6 Å². The number of furan rings is 1. The maximum atomic E-state index is 4.58. The van der Waals surface area contributed by atoms with Crippen LogP contribution in [-0.2, 0) is 0 Å². The summed E-state index contributed by atoms with van der Waals surface area (Å²) in [6, 6.07) is 26.4. The predicted octanol–water partition coefficient (Wildman–Crippen LogP) is 8.92. The molecule has 1 N–H and O–H groups in total. The first-order valence-electron chi connectivity index (χ1n) is 17.0. The van der Waals surface area contributed by atoms with E-state index in [0.717, 1.165) is 0 Å². The number of nitrogens with one attached hydrogen (secondary N) is 1. The summed E-state index contributed by atoms with van der Waals surface area (Å²) in [6.45, 7) is 0. The van der Waals surface area contributed by atoms with Crippen LogP contribution in [0.25, 0.3) is 0 Å². The van der Waals surface area contributed by atoms with Crippen LogP contribution in [0.15, 0.2) is 264 Å². The lowest BCUT2D eigenvalue weighted by Crippen LogP contribution is -1.73. The second-order valence-corrected chi connectivity index (χ2v) is 10.6. The van der Waals surface area contributed by atoms with Gasteiger partial charge in [-0.25, -0.2) is 34.3 Å². The number of pyridine rings is 1. The van der Waals surface area contributed by atoms with Crippen LogP contribution in [0.4, 0.5) is 0 Å². The Balaban J connectivity index is 0.000000330. The van der Waals surface area contributed by atoms with Crippen molar-refractivity contribution < 1.29 is 13.4 Å². The molecule has 0 radical (unpaired) electrons. The molecule has 11 heterocycles. The average molecular weight is 843 g/mol. The Morgan fingerprint density at radius 2 is 0.933 bits per heavy atom. The van der Waals surface area contributed by atoms with Crippen molar-refractivity contribution in [1.29, 1.82) is 0 Å². The third kappa shape index (κ3) is 44.1. The van der Waals surface area contributed by atoms with E-state index in [1.54, 1.807) is 117 Å². The van der Waals surface area contributed by atoms with E-state index in [1.165, 1.54) is 55.8 Å². The van der Waals surface area contributed by atoms with Crippen LogP contribution in [0, 0.1) is 0 Å². The second kappa shape index (κ2) is 46.9. The number of aromatic amines is 1. The topological polar surface area (TPSA) is 223 Å². The van der Waals surface area contributed by atoms with Gasteiger partial charge in [0.05, 0.1) is 24.9 Å². The molecule has 0 atom stereocenters. The van der Waals surface area contributed by atoms with Crippen LogP contribution in [-0.4, -0.2) is 69.6 Å². The number of aromatic nitrogens is 14. The highest BCUT2D eigenvalue weighted by Crippen LogP contribution is 1.91. The molecule has 11 rings (SSSR count). The SMILES string of the molecule is c1cc[nH]c1.c1ccncc1.c1ccnnc1.c1ccoc1.c1ccsc1.c1cnccn1.c1cncnc1.c1cnoc1.c1cnsc1.c1cocn1.c1ncncn1. The standard InChI is InChI=1S/C5H5N.3C4H4N2.C4H5N.C4H4O.C4H4S.C3H3N3.2C3H3NO.C3H3NS/c1-2-4-6-5-3-1;1-2-6-4-3-5-1;1-2-5-4-6-3-1;1-2-4-6-5-3-1;3*1-2-4-5-3-1;1-4-2-6-3-5-1;1-2-5-3-4-1;2*1-2-4-5-3-1/h1-5H;3*1-4H;1-5H;2*1-4H;1-3H;3*1-3H. The van der Waals surface area contributed by atoms with Gasteiger partial charge in [-0.3, -0.25) is 15.0 Å². The summed E-state index contributed by atoms with van der Waals surface area (Å²) < 4.78 is 17.2. The Bertz CT molecular complexity index is 1480.